The molecule has 23 heavy (non-hydrogen) atoms. The van der Waals surface area contributed by atoms with Gasteiger partial charge in [-0.1, -0.05) is 35.3 Å². The van der Waals surface area contributed by atoms with Gasteiger partial charge in [0.1, 0.15) is 5.92 Å². The smallest absolute Gasteiger partial charge is 0.163 e. The molecular formula is C18H12Cl2N2O. The monoisotopic (exact) mass is 342 g/mol. The number of carbonyl (C=O) groups excluding carboxylic acids is 1. The van der Waals surface area contributed by atoms with Gasteiger partial charge in [0.05, 0.1) is 12.1 Å². The van der Waals surface area contributed by atoms with Crippen LogP contribution in [-0.4, -0.2) is 5.78 Å². The molecule has 3 nitrogen and oxygen atoms in total. The predicted molar refractivity (Wildman–Crippen MR) is 89.3 cm³/mol. The molecule has 0 unspecified atom stereocenters. The standard InChI is InChI=1S/C18H12Cl2N2O/c19-15-5-1-12(2-6-15)17(14(10-21)11-22)9-18(23)13-3-7-16(20)8-4-13/h1-8,14,17H,9H2/t17-/m1/s1. The van der Waals surface area contributed by atoms with E-state index in [1.807, 2.05) is 12.1 Å². The van der Waals surface area contributed by atoms with Crippen molar-refractivity contribution in [2.24, 2.45) is 5.92 Å². The summed E-state index contributed by atoms with van der Waals surface area (Å²) < 4.78 is 0. The van der Waals surface area contributed by atoms with Crippen molar-refractivity contribution < 1.29 is 4.79 Å². The second-order valence-electron chi connectivity index (χ2n) is 5.03. The number of carbonyl (C=O) groups is 1. The van der Waals surface area contributed by atoms with Crippen molar-refractivity contribution in [3.05, 3.63) is 69.7 Å². The molecule has 114 valence electrons. The minimum absolute atomic E-state index is 0.0645. The van der Waals surface area contributed by atoms with Crippen molar-refractivity contribution in [3.8, 4) is 12.1 Å². The van der Waals surface area contributed by atoms with Gasteiger partial charge in [0, 0.05) is 27.9 Å². The van der Waals surface area contributed by atoms with Gasteiger partial charge in [-0.2, -0.15) is 10.5 Å². The van der Waals surface area contributed by atoms with Crippen LogP contribution in [-0.2, 0) is 0 Å². The van der Waals surface area contributed by atoms with Gasteiger partial charge in [0.25, 0.3) is 0 Å². The fourth-order valence-electron chi connectivity index (χ4n) is 2.30. The van der Waals surface area contributed by atoms with E-state index in [-0.39, 0.29) is 12.2 Å². The van der Waals surface area contributed by atoms with Crippen molar-refractivity contribution in [1.29, 1.82) is 10.5 Å². The zero-order chi connectivity index (χ0) is 16.8. The number of halogens is 2. The Balaban J connectivity index is 2.29. The molecule has 0 fully saturated rings. The van der Waals surface area contributed by atoms with Crippen LogP contribution in [0.4, 0.5) is 0 Å². The summed E-state index contributed by atoms with van der Waals surface area (Å²) in [6.45, 7) is 0. The average Bonchev–Trinajstić information content (AvgIpc) is 2.56. The van der Waals surface area contributed by atoms with Crippen LogP contribution in [0.25, 0.3) is 0 Å². The Morgan fingerprint density at radius 2 is 1.39 bits per heavy atom. The molecule has 1 atom stereocenters. The fraction of sp³-hybridized carbons (Fsp3) is 0.167. The second kappa shape index (κ2) is 7.79. The Bertz CT molecular complexity index is 757. The Morgan fingerprint density at radius 3 is 1.87 bits per heavy atom. The number of Topliss-reactive ketones (excluding diaryl/α,β-unsaturated/α-hetero) is 1. The summed E-state index contributed by atoms with van der Waals surface area (Å²) in [5.41, 5.74) is 1.24. The number of hydrogen-bond acceptors (Lipinski definition) is 3. The van der Waals surface area contributed by atoms with E-state index in [0.717, 1.165) is 5.56 Å². The molecule has 0 aliphatic heterocycles. The fourth-order valence-corrected chi connectivity index (χ4v) is 2.55. The van der Waals surface area contributed by atoms with Crippen LogP contribution < -0.4 is 0 Å². The topological polar surface area (TPSA) is 64.7 Å². The summed E-state index contributed by atoms with van der Waals surface area (Å²) in [5, 5.41) is 19.5. The highest BCUT2D eigenvalue weighted by molar-refractivity contribution is 6.30. The number of benzene rings is 2. The summed E-state index contributed by atoms with van der Waals surface area (Å²) in [7, 11) is 0. The lowest BCUT2D eigenvalue weighted by atomic mass is 9.83. The molecule has 0 bridgehead atoms. The zero-order valence-corrected chi connectivity index (χ0v) is 13.6. The lowest BCUT2D eigenvalue weighted by molar-refractivity contribution is 0.0971. The number of hydrogen-bond donors (Lipinski definition) is 0. The van der Waals surface area contributed by atoms with E-state index < -0.39 is 11.8 Å². The quantitative estimate of drug-likeness (QED) is 0.717. The molecule has 0 heterocycles. The van der Waals surface area contributed by atoms with Gasteiger partial charge < -0.3 is 0 Å². The second-order valence-corrected chi connectivity index (χ2v) is 5.90. The molecule has 2 aromatic rings. The van der Waals surface area contributed by atoms with Crippen molar-refractivity contribution >= 4 is 29.0 Å². The first kappa shape index (κ1) is 17.0. The van der Waals surface area contributed by atoms with Crippen LogP contribution in [0.1, 0.15) is 28.3 Å². The van der Waals surface area contributed by atoms with Crippen LogP contribution in [0.3, 0.4) is 0 Å². The summed E-state index contributed by atoms with van der Waals surface area (Å²) >= 11 is 11.7. The minimum atomic E-state index is -0.910. The Morgan fingerprint density at radius 1 is 0.913 bits per heavy atom. The van der Waals surface area contributed by atoms with E-state index in [1.54, 1.807) is 48.5 Å². The zero-order valence-electron chi connectivity index (χ0n) is 12.0. The van der Waals surface area contributed by atoms with Crippen LogP contribution >= 0.6 is 23.2 Å². The number of rotatable bonds is 5. The van der Waals surface area contributed by atoms with E-state index in [4.69, 9.17) is 23.2 Å². The van der Waals surface area contributed by atoms with Gasteiger partial charge >= 0.3 is 0 Å². The maximum atomic E-state index is 12.5. The SMILES string of the molecule is N#CC(C#N)[C@H](CC(=O)c1ccc(Cl)cc1)c1ccc(Cl)cc1. The Kier molecular flexibility index (Phi) is 5.77. The molecule has 0 radical (unpaired) electrons. The van der Waals surface area contributed by atoms with Crippen molar-refractivity contribution in [2.45, 2.75) is 12.3 Å². The number of ketones is 1. The van der Waals surface area contributed by atoms with Gasteiger partial charge in [0.2, 0.25) is 0 Å². The summed E-state index contributed by atoms with van der Waals surface area (Å²) in [6, 6.07) is 17.3. The highest BCUT2D eigenvalue weighted by Gasteiger charge is 2.26. The first-order valence-corrected chi connectivity index (χ1v) is 7.64. The largest absolute Gasteiger partial charge is 0.294 e. The molecule has 0 spiro atoms. The molecule has 5 heteroatoms. The first-order chi connectivity index (χ1) is 11.0. The van der Waals surface area contributed by atoms with E-state index in [2.05, 4.69) is 0 Å². The van der Waals surface area contributed by atoms with Crippen molar-refractivity contribution in [1.82, 2.24) is 0 Å². The molecule has 0 saturated heterocycles. The van der Waals surface area contributed by atoms with Gasteiger partial charge in [-0.15, -0.1) is 0 Å². The third-order valence-corrected chi connectivity index (χ3v) is 4.05. The average molecular weight is 343 g/mol. The summed E-state index contributed by atoms with van der Waals surface area (Å²) in [4.78, 5) is 12.5. The van der Waals surface area contributed by atoms with E-state index >= 15 is 0 Å². The molecule has 2 aromatic carbocycles. The Hall–Kier alpha value is -2.33. The molecule has 0 N–H and O–H groups in total. The van der Waals surface area contributed by atoms with Crippen LogP contribution in [0.5, 0.6) is 0 Å². The van der Waals surface area contributed by atoms with E-state index in [9.17, 15) is 15.3 Å². The lowest BCUT2D eigenvalue weighted by Crippen LogP contribution is -2.15. The van der Waals surface area contributed by atoms with Gasteiger partial charge in [-0.25, -0.2) is 0 Å². The molecular weight excluding hydrogens is 331 g/mol. The first-order valence-electron chi connectivity index (χ1n) is 6.88. The highest BCUT2D eigenvalue weighted by Crippen LogP contribution is 2.30. The van der Waals surface area contributed by atoms with Crippen LogP contribution in [0.2, 0.25) is 10.0 Å². The number of nitriles is 2. The van der Waals surface area contributed by atoms with Crippen LogP contribution in [0, 0.1) is 28.6 Å². The molecule has 2 rings (SSSR count). The van der Waals surface area contributed by atoms with E-state index in [1.165, 1.54) is 0 Å². The molecule has 0 amide bonds. The van der Waals surface area contributed by atoms with Crippen molar-refractivity contribution in [2.75, 3.05) is 0 Å². The summed E-state index contributed by atoms with van der Waals surface area (Å²) in [6.07, 6.45) is 0.0645. The van der Waals surface area contributed by atoms with Gasteiger partial charge in [-0.05, 0) is 42.0 Å². The van der Waals surface area contributed by atoms with Gasteiger partial charge in [-0.3, -0.25) is 4.79 Å². The summed E-state index contributed by atoms with van der Waals surface area (Å²) in [5.74, 6) is -1.56. The van der Waals surface area contributed by atoms with Crippen molar-refractivity contribution in [3.63, 3.8) is 0 Å². The van der Waals surface area contributed by atoms with Crippen LogP contribution in [0.15, 0.2) is 48.5 Å². The number of nitrogens with zero attached hydrogens (tertiary/aromatic N) is 2. The normalized spacial score (nSPS) is 11.5. The van der Waals surface area contributed by atoms with Gasteiger partial charge in [0.15, 0.2) is 5.78 Å². The highest BCUT2D eigenvalue weighted by atomic mass is 35.5. The maximum absolute atomic E-state index is 12.5. The molecule has 0 saturated carbocycles. The lowest BCUT2D eigenvalue weighted by Gasteiger charge is -2.17. The third kappa shape index (κ3) is 4.33. The molecule has 0 aromatic heterocycles. The molecule has 0 aliphatic rings. The third-order valence-electron chi connectivity index (χ3n) is 3.55. The maximum Gasteiger partial charge on any atom is 0.163 e. The predicted octanol–water partition coefficient (Wildman–Crippen LogP) is 5.01. The minimum Gasteiger partial charge on any atom is -0.294 e. The molecule has 0 aliphatic carbocycles. The Labute approximate surface area is 144 Å². The van der Waals surface area contributed by atoms with E-state index in [0.29, 0.717) is 15.6 Å².